The van der Waals surface area contributed by atoms with Gasteiger partial charge in [-0.2, -0.15) is 13.2 Å². The normalized spacial score (nSPS) is 11.5. The van der Waals surface area contributed by atoms with Gasteiger partial charge < -0.3 is 15.4 Å². The zero-order valence-electron chi connectivity index (χ0n) is 14.4. The van der Waals surface area contributed by atoms with Crippen LogP contribution in [0.1, 0.15) is 12.0 Å². The number of hydrogen-bond donors (Lipinski definition) is 2. The number of pyridine rings is 1. The van der Waals surface area contributed by atoms with Crippen molar-refractivity contribution in [2.45, 2.75) is 19.1 Å². The van der Waals surface area contributed by atoms with E-state index in [0.717, 1.165) is 5.56 Å². The van der Waals surface area contributed by atoms with Gasteiger partial charge in [-0.25, -0.2) is 9.37 Å². The van der Waals surface area contributed by atoms with Gasteiger partial charge in [0, 0.05) is 32.4 Å². The van der Waals surface area contributed by atoms with Crippen LogP contribution >= 0.6 is 24.0 Å². The molecule has 0 saturated heterocycles. The molecule has 0 unspecified atom stereocenters. The van der Waals surface area contributed by atoms with E-state index in [0.29, 0.717) is 18.2 Å². The fourth-order valence-corrected chi connectivity index (χ4v) is 1.97. The van der Waals surface area contributed by atoms with Crippen LogP contribution in [0.2, 0.25) is 0 Å². The second kappa shape index (κ2) is 10.9. The number of rotatable bonds is 6. The lowest BCUT2D eigenvalue weighted by molar-refractivity contribution is -0.132. The highest BCUT2D eigenvalue weighted by atomic mass is 127. The standard InChI is InChI=1S/C17H18F4N4O.HI/c1-22-16(24-9-7-17(19,20)21)25-11-12-6-8-23-15(10-12)26-14-4-2-13(18)3-5-14;/h2-6,8,10H,7,9,11H2,1H3,(H2,22,24,25);1H. The van der Waals surface area contributed by atoms with Gasteiger partial charge in [-0.3, -0.25) is 4.99 Å². The summed E-state index contributed by atoms with van der Waals surface area (Å²) in [7, 11) is 1.47. The molecule has 1 heterocycles. The number of guanidine groups is 1. The van der Waals surface area contributed by atoms with Gasteiger partial charge in [0.25, 0.3) is 0 Å². The Morgan fingerprint density at radius 3 is 2.48 bits per heavy atom. The largest absolute Gasteiger partial charge is 0.439 e. The predicted octanol–water partition coefficient (Wildman–Crippen LogP) is 4.25. The number of aromatic nitrogens is 1. The maximum absolute atomic E-state index is 12.9. The molecule has 5 nitrogen and oxygen atoms in total. The van der Waals surface area contributed by atoms with Gasteiger partial charge in [0.05, 0.1) is 6.42 Å². The molecule has 2 aromatic rings. The first-order valence-corrected chi connectivity index (χ1v) is 7.75. The summed E-state index contributed by atoms with van der Waals surface area (Å²) in [5.41, 5.74) is 0.788. The molecule has 0 spiro atoms. The van der Waals surface area contributed by atoms with Gasteiger partial charge >= 0.3 is 6.18 Å². The third-order valence-electron chi connectivity index (χ3n) is 3.22. The van der Waals surface area contributed by atoms with Crippen molar-refractivity contribution < 1.29 is 22.3 Å². The number of halogens is 5. The summed E-state index contributed by atoms with van der Waals surface area (Å²) in [5.74, 6) is 0.643. The van der Waals surface area contributed by atoms with Gasteiger partial charge in [-0.1, -0.05) is 0 Å². The van der Waals surface area contributed by atoms with Crippen LogP contribution in [0.4, 0.5) is 17.6 Å². The minimum absolute atomic E-state index is 0. The molecular formula is C17H19F4IN4O. The van der Waals surface area contributed by atoms with Gasteiger partial charge in [0.1, 0.15) is 11.6 Å². The minimum Gasteiger partial charge on any atom is -0.439 e. The second-order valence-electron chi connectivity index (χ2n) is 5.28. The number of nitrogens with zero attached hydrogens (tertiary/aromatic N) is 2. The summed E-state index contributed by atoms with van der Waals surface area (Å²) in [5, 5.41) is 5.50. The maximum atomic E-state index is 12.9. The summed E-state index contributed by atoms with van der Waals surface area (Å²) in [6, 6.07) is 8.91. The van der Waals surface area contributed by atoms with Crippen LogP contribution in [0.15, 0.2) is 47.6 Å². The van der Waals surface area contributed by atoms with Crippen molar-refractivity contribution in [3.05, 3.63) is 54.0 Å². The summed E-state index contributed by atoms with van der Waals surface area (Å²) < 4.78 is 54.9. The number of aliphatic imine (C=N–C) groups is 1. The SMILES string of the molecule is CN=C(NCCC(F)(F)F)NCc1ccnc(Oc2ccc(F)cc2)c1.I. The van der Waals surface area contributed by atoms with Crippen LogP contribution in [0.25, 0.3) is 0 Å². The highest BCUT2D eigenvalue weighted by Crippen LogP contribution is 2.20. The van der Waals surface area contributed by atoms with Gasteiger partial charge in [-0.05, 0) is 35.9 Å². The predicted molar refractivity (Wildman–Crippen MR) is 105 cm³/mol. The molecule has 0 fully saturated rings. The fourth-order valence-electron chi connectivity index (χ4n) is 1.97. The molecular weight excluding hydrogens is 479 g/mol. The molecule has 0 aliphatic carbocycles. The highest BCUT2D eigenvalue weighted by molar-refractivity contribution is 14.0. The van der Waals surface area contributed by atoms with Gasteiger partial charge in [0.15, 0.2) is 5.96 Å². The Labute approximate surface area is 171 Å². The van der Waals surface area contributed by atoms with Gasteiger partial charge in [-0.15, -0.1) is 24.0 Å². The molecule has 148 valence electrons. The first kappa shape index (κ1) is 22.9. The Balaban J connectivity index is 0.00000364. The van der Waals surface area contributed by atoms with Crippen molar-refractivity contribution in [2.75, 3.05) is 13.6 Å². The summed E-state index contributed by atoms with van der Waals surface area (Å²) in [4.78, 5) is 7.93. The van der Waals surface area contributed by atoms with E-state index in [1.54, 1.807) is 12.1 Å². The molecule has 0 saturated carbocycles. The number of nitrogens with one attached hydrogen (secondary N) is 2. The van der Waals surface area contributed by atoms with E-state index in [-0.39, 0.29) is 42.3 Å². The van der Waals surface area contributed by atoms with Crippen molar-refractivity contribution >= 4 is 29.9 Å². The molecule has 1 aromatic carbocycles. The molecule has 2 N–H and O–H groups in total. The molecule has 2 rings (SSSR count). The van der Waals surface area contributed by atoms with E-state index in [4.69, 9.17) is 4.74 Å². The second-order valence-corrected chi connectivity index (χ2v) is 5.28. The quantitative estimate of drug-likeness (QED) is 0.271. The molecule has 0 amide bonds. The first-order chi connectivity index (χ1) is 12.4. The van der Waals surface area contributed by atoms with Crippen LogP contribution < -0.4 is 15.4 Å². The molecule has 0 bridgehead atoms. The van der Waals surface area contributed by atoms with E-state index in [9.17, 15) is 17.6 Å². The number of ether oxygens (including phenoxy) is 1. The van der Waals surface area contributed by atoms with Crippen molar-refractivity contribution in [3.63, 3.8) is 0 Å². The molecule has 0 atom stereocenters. The lowest BCUT2D eigenvalue weighted by Crippen LogP contribution is -2.38. The van der Waals surface area contributed by atoms with E-state index in [1.807, 2.05) is 0 Å². The molecule has 1 aromatic heterocycles. The molecule has 0 aliphatic heterocycles. The van der Waals surface area contributed by atoms with Crippen molar-refractivity contribution in [1.82, 2.24) is 15.6 Å². The third kappa shape index (κ3) is 8.89. The van der Waals surface area contributed by atoms with Crippen LogP contribution in [-0.4, -0.2) is 30.7 Å². The Hall–Kier alpha value is -2.11. The van der Waals surface area contributed by atoms with Gasteiger partial charge in [0.2, 0.25) is 5.88 Å². The Kier molecular flexibility index (Phi) is 9.26. The van der Waals surface area contributed by atoms with Crippen LogP contribution in [0.3, 0.4) is 0 Å². The third-order valence-corrected chi connectivity index (χ3v) is 3.22. The summed E-state index contributed by atoms with van der Waals surface area (Å²) in [6.45, 7) is 0.0481. The number of benzene rings is 1. The van der Waals surface area contributed by atoms with Crippen LogP contribution in [0, 0.1) is 5.82 Å². The number of hydrogen-bond acceptors (Lipinski definition) is 3. The summed E-state index contributed by atoms with van der Waals surface area (Å²) >= 11 is 0. The van der Waals surface area contributed by atoms with Crippen LogP contribution in [-0.2, 0) is 6.54 Å². The summed E-state index contributed by atoms with van der Waals surface area (Å²) in [6.07, 6.45) is -3.63. The van der Waals surface area contributed by atoms with E-state index >= 15 is 0 Å². The monoisotopic (exact) mass is 498 g/mol. The fraction of sp³-hybridized carbons (Fsp3) is 0.294. The van der Waals surface area contributed by atoms with Crippen molar-refractivity contribution in [1.29, 1.82) is 0 Å². The first-order valence-electron chi connectivity index (χ1n) is 7.75. The Morgan fingerprint density at radius 2 is 1.85 bits per heavy atom. The van der Waals surface area contributed by atoms with Crippen molar-refractivity contribution in [2.24, 2.45) is 4.99 Å². The zero-order chi connectivity index (χ0) is 19.0. The highest BCUT2D eigenvalue weighted by Gasteiger charge is 2.26. The van der Waals surface area contributed by atoms with E-state index in [2.05, 4.69) is 20.6 Å². The molecule has 0 aliphatic rings. The molecule has 27 heavy (non-hydrogen) atoms. The maximum Gasteiger partial charge on any atom is 0.390 e. The minimum atomic E-state index is -4.22. The van der Waals surface area contributed by atoms with E-state index < -0.39 is 12.6 Å². The lowest BCUT2D eigenvalue weighted by atomic mass is 10.2. The number of alkyl halides is 3. The van der Waals surface area contributed by atoms with E-state index in [1.165, 1.54) is 37.5 Å². The lowest BCUT2D eigenvalue weighted by Gasteiger charge is -2.13. The topological polar surface area (TPSA) is 58.5 Å². The smallest absolute Gasteiger partial charge is 0.390 e. The average Bonchev–Trinajstić information content (AvgIpc) is 2.59. The van der Waals surface area contributed by atoms with Crippen molar-refractivity contribution in [3.8, 4) is 11.6 Å². The molecule has 0 radical (unpaired) electrons. The Morgan fingerprint density at radius 1 is 1.15 bits per heavy atom. The zero-order valence-corrected chi connectivity index (χ0v) is 16.7. The Bertz CT molecular complexity index is 738. The average molecular weight is 498 g/mol. The van der Waals surface area contributed by atoms with Crippen LogP contribution in [0.5, 0.6) is 11.6 Å². The molecule has 10 heteroatoms.